The Hall–Kier alpha value is -0.970. The third-order valence-electron chi connectivity index (χ3n) is 1.77. The molecule has 0 bridgehead atoms. The highest BCUT2D eigenvalue weighted by Gasteiger charge is 2.01. The summed E-state index contributed by atoms with van der Waals surface area (Å²) in [4.78, 5) is 11.1. The summed E-state index contributed by atoms with van der Waals surface area (Å²) in [6.45, 7) is 4.94. The minimum Gasteiger partial charge on any atom is -0.356 e. The molecule has 0 heterocycles. The number of carbonyl (C=O) groups is 1. The lowest BCUT2D eigenvalue weighted by Gasteiger charge is -2.05. The number of amides is 1. The van der Waals surface area contributed by atoms with Gasteiger partial charge in [-0.05, 0) is 18.8 Å². The Morgan fingerprint density at radius 2 is 2.23 bits per heavy atom. The lowest BCUT2D eigenvalue weighted by Crippen LogP contribution is -2.24. The Labute approximate surface area is 81.1 Å². The van der Waals surface area contributed by atoms with Crippen LogP contribution in [-0.2, 0) is 4.79 Å². The zero-order valence-corrected chi connectivity index (χ0v) is 8.60. The van der Waals surface area contributed by atoms with E-state index in [0.717, 1.165) is 19.3 Å². The second kappa shape index (κ2) is 7.67. The predicted octanol–water partition coefficient (Wildman–Crippen LogP) is 1.95. The van der Waals surface area contributed by atoms with Crippen LogP contribution in [0, 0.1) is 18.3 Å². The van der Waals surface area contributed by atoms with Crippen LogP contribution in [0.25, 0.3) is 0 Å². The molecule has 0 spiro atoms. The molecular weight excluding hydrogens is 162 g/mol. The minimum absolute atomic E-state index is 0.144. The van der Waals surface area contributed by atoms with E-state index in [0.29, 0.717) is 18.9 Å². The number of unbranched alkanes of at least 4 members (excludes halogenated alkanes) is 1. The molecule has 0 aromatic heterocycles. The van der Waals surface area contributed by atoms with Gasteiger partial charge in [0.25, 0.3) is 0 Å². The number of rotatable bonds is 6. The van der Waals surface area contributed by atoms with Gasteiger partial charge in [0.2, 0.25) is 5.91 Å². The largest absolute Gasteiger partial charge is 0.356 e. The van der Waals surface area contributed by atoms with Gasteiger partial charge in [-0.25, -0.2) is 0 Å². The van der Waals surface area contributed by atoms with Crippen molar-refractivity contribution >= 4 is 5.91 Å². The first-order chi connectivity index (χ1) is 6.16. The number of terminal acetylenes is 1. The van der Waals surface area contributed by atoms with Gasteiger partial charge in [0.05, 0.1) is 0 Å². The molecule has 0 saturated carbocycles. The molecule has 74 valence electrons. The summed E-state index contributed by atoms with van der Waals surface area (Å²) in [5.41, 5.74) is 0. The van der Waals surface area contributed by atoms with Crippen LogP contribution in [-0.4, -0.2) is 12.5 Å². The van der Waals surface area contributed by atoms with Crippen LogP contribution in [0.2, 0.25) is 0 Å². The van der Waals surface area contributed by atoms with Crippen molar-refractivity contribution in [1.82, 2.24) is 5.32 Å². The molecule has 0 unspecified atom stereocenters. The van der Waals surface area contributed by atoms with Crippen LogP contribution in [0.15, 0.2) is 0 Å². The summed E-state index contributed by atoms with van der Waals surface area (Å²) in [6, 6.07) is 0. The molecule has 0 aliphatic rings. The third-order valence-corrected chi connectivity index (χ3v) is 1.77. The predicted molar refractivity (Wildman–Crippen MR) is 55.1 cm³/mol. The van der Waals surface area contributed by atoms with Crippen LogP contribution in [0.1, 0.15) is 39.5 Å². The first-order valence-electron chi connectivity index (χ1n) is 4.87. The zero-order chi connectivity index (χ0) is 10.1. The minimum atomic E-state index is 0.144. The highest BCUT2D eigenvalue weighted by atomic mass is 16.1. The Kier molecular flexibility index (Phi) is 7.10. The lowest BCUT2D eigenvalue weighted by atomic mass is 10.1. The van der Waals surface area contributed by atoms with Gasteiger partial charge in [-0.2, -0.15) is 0 Å². The molecule has 0 atom stereocenters. The van der Waals surface area contributed by atoms with Gasteiger partial charge in [-0.1, -0.05) is 13.8 Å². The van der Waals surface area contributed by atoms with Crippen molar-refractivity contribution < 1.29 is 4.79 Å². The average Bonchev–Trinajstić information content (AvgIpc) is 2.09. The van der Waals surface area contributed by atoms with E-state index < -0.39 is 0 Å². The van der Waals surface area contributed by atoms with Gasteiger partial charge in [-0.3, -0.25) is 4.79 Å². The van der Waals surface area contributed by atoms with Crippen molar-refractivity contribution in [3.05, 3.63) is 0 Å². The first-order valence-corrected chi connectivity index (χ1v) is 4.87. The van der Waals surface area contributed by atoms with E-state index >= 15 is 0 Å². The Morgan fingerprint density at radius 3 is 2.77 bits per heavy atom. The van der Waals surface area contributed by atoms with Crippen molar-refractivity contribution in [2.75, 3.05) is 6.54 Å². The Morgan fingerprint density at radius 1 is 1.54 bits per heavy atom. The summed E-state index contributed by atoms with van der Waals surface area (Å²) >= 11 is 0. The van der Waals surface area contributed by atoms with Crippen LogP contribution >= 0.6 is 0 Å². The smallest absolute Gasteiger partial charge is 0.220 e. The number of carbonyl (C=O) groups excluding carboxylic acids is 1. The molecule has 0 aromatic carbocycles. The molecule has 0 radical (unpaired) electrons. The van der Waals surface area contributed by atoms with Gasteiger partial charge in [0, 0.05) is 19.4 Å². The van der Waals surface area contributed by atoms with Crippen LogP contribution < -0.4 is 5.32 Å². The first kappa shape index (κ1) is 12.0. The molecule has 0 aliphatic carbocycles. The zero-order valence-electron chi connectivity index (χ0n) is 8.60. The van der Waals surface area contributed by atoms with Gasteiger partial charge >= 0.3 is 0 Å². The molecule has 13 heavy (non-hydrogen) atoms. The van der Waals surface area contributed by atoms with Crippen molar-refractivity contribution in [2.24, 2.45) is 5.92 Å². The summed E-state index contributed by atoms with van der Waals surface area (Å²) in [5, 5.41) is 2.84. The van der Waals surface area contributed by atoms with E-state index in [1.165, 1.54) is 0 Å². The number of hydrogen-bond donors (Lipinski definition) is 1. The number of nitrogens with one attached hydrogen (secondary N) is 1. The molecule has 1 amide bonds. The van der Waals surface area contributed by atoms with Crippen molar-refractivity contribution in [3.8, 4) is 12.3 Å². The summed E-state index contributed by atoms with van der Waals surface area (Å²) in [5.74, 6) is 3.28. The molecule has 2 nitrogen and oxygen atoms in total. The van der Waals surface area contributed by atoms with Gasteiger partial charge in [0.15, 0.2) is 0 Å². The van der Waals surface area contributed by atoms with Crippen LogP contribution in [0.4, 0.5) is 0 Å². The Bertz CT molecular complexity index is 179. The van der Waals surface area contributed by atoms with Crippen LogP contribution in [0.5, 0.6) is 0 Å². The van der Waals surface area contributed by atoms with E-state index in [2.05, 4.69) is 25.1 Å². The highest BCUT2D eigenvalue weighted by Crippen LogP contribution is 2.02. The lowest BCUT2D eigenvalue weighted by molar-refractivity contribution is -0.121. The molecule has 0 fully saturated rings. The second-order valence-electron chi connectivity index (χ2n) is 3.59. The fourth-order valence-electron chi connectivity index (χ4n) is 0.926. The molecule has 0 aromatic rings. The van der Waals surface area contributed by atoms with E-state index in [1.807, 2.05) is 0 Å². The monoisotopic (exact) mass is 181 g/mol. The quantitative estimate of drug-likeness (QED) is 0.492. The van der Waals surface area contributed by atoms with E-state index in [4.69, 9.17) is 6.42 Å². The summed E-state index contributed by atoms with van der Waals surface area (Å²) < 4.78 is 0. The molecule has 0 saturated heterocycles. The fourth-order valence-corrected chi connectivity index (χ4v) is 0.926. The van der Waals surface area contributed by atoms with E-state index in [-0.39, 0.29) is 5.91 Å². The second-order valence-corrected chi connectivity index (χ2v) is 3.59. The normalized spacial score (nSPS) is 9.69. The summed E-state index contributed by atoms with van der Waals surface area (Å²) in [7, 11) is 0. The van der Waals surface area contributed by atoms with Crippen molar-refractivity contribution in [3.63, 3.8) is 0 Å². The van der Waals surface area contributed by atoms with Gasteiger partial charge in [-0.15, -0.1) is 12.3 Å². The molecule has 0 aliphatic heterocycles. The standard InChI is InChI=1S/C11H19NO/c1-4-5-6-9-12-11(13)8-7-10(2)3/h1,10H,5-9H2,2-3H3,(H,12,13). The fraction of sp³-hybridized carbons (Fsp3) is 0.727. The van der Waals surface area contributed by atoms with Gasteiger partial charge in [0.1, 0.15) is 0 Å². The summed E-state index contributed by atoms with van der Waals surface area (Å²) in [6.07, 6.45) is 8.29. The highest BCUT2D eigenvalue weighted by molar-refractivity contribution is 5.75. The SMILES string of the molecule is C#CCCCNC(=O)CCC(C)C. The van der Waals surface area contributed by atoms with Crippen LogP contribution in [0.3, 0.4) is 0 Å². The molecular formula is C11H19NO. The average molecular weight is 181 g/mol. The van der Waals surface area contributed by atoms with Crippen molar-refractivity contribution in [1.29, 1.82) is 0 Å². The molecule has 1 N–H and O–H groups in total. The Balaban J connectivity index is 3.26. The third kappa shape index (κ3) is 8.94. The molecule has 0 rings (SSSR count). The maximum absolute atomic E-state index is 11.1. The maximum Gasteiger partial charge on any atom is 0.220 e. The van der Waals surface area contributed by atoms with E-state index in [1.54, 1.807) is 0 Å². The van der Waals surface area contributed by atoms with Gasteiger partial charge < -0.3 is 5.32 Å². The van der Waals surface area contributed by atoms with Crippen molar-refractivity contribution in [2.45, 2.75) is 39.5 Å². The molecule has 2 heteroatoms. The maximum atomic E-state index is 11.1. The van der Waals surface area contributed by atoms with E-state index in [9.17, 15) is 4.79 Å². The number of hydrogen-bond acceptors (Lipinski definition) is 1. The topological polar surface area (TPSA) is 29.1 Å².